The highest BCUT2D eigenvalue weighted by molar-refractivity contribution is 7.16. The van der Waals surface area contributed by atoms with Crippen LogP contribution in [0.5, 0.6) is 5.75 Å². The highest BCUT2D eigenvalue weighted by atomic mass is 32.1. The quantitative estimate of drug-likeness (QED) is 0.755. The molecule has 2 aliphatic rings. The summed E-state index contributed by atoms with van der Waals surface area (Å²) in [5.74, 6) is 0.218. The second-order valence-corrected chi connectivity index (χ2v) is 6.94. The monoisotopic (exact) mass is 315 g/mol. The second kappa shape index (κ2) is 5.00. The SMILES string of the molecule is CN1CCc2c(sc3c2C(=O)N[C@@H](c2ccc(O)cc2)N3)C1. The molecular weight excluding hydrogens is 298 g/mol. The highest BCUT2D eigenvalue weighted by Crippen LogP contribution is 2.40. The zero-order valence-electron chi connectivity index (χ0n) is 12.2. The van der Waals surface area contributed by atoms with Crippen LogP contribution >= 0.6 is 11.3 Å². The lowest BCUT2D eigenvalue weighted by Gasteiger charge is -2.27. The van der Waals surface area contributed by atoms with Gasteiger partial charge in [0.1, 0.15) is 16.9 Å². The van der Waals surface area contributed by atoms with Gasteiger partial charge in [0.15, 0.2) is 0 Å². The fourth-order valence-electron chi connectivity index (χ4n) is 3.08. The molecule has 0 aliphatic carbocycles. The first kappa shape index (κ1) is 13.6. The van der Waals surface area contributed by atoms with E-state index in [-0.39, 0.29) is 17.8 Å². The molecule has 6 heteroatoms. The number of phenolic OH excluding ortho intramolecular Hbond substituents is 1. The predicted octanol–water partition coefficient (Wildman–Crippen LogP) is 2.30. The van der Waals surface area contributed by atoms with Crippen molar-refractivity contribution in [2.75, 3.05) is 18.9 Å². The molecule has 1 amide bonds. The Bertz CT molecular complexity index is 739. The number of phenols is 1. The van der Waals surface area contributed by atoms with Gasteiger partial charge in [-0.15, -0.1) is 11.3 Å². The van der Waals surface area contributed by atoms with E-state index in [0.717, 1.165) is 35.6 Å². The van der Waals surface area contributed by atoms with E-state index in [1.807, 2.05) is 12.1 Å². The number of likely N-dealkylation sites (N-methyl/N-ethyl adjacent to an activating group) is 1. The number of amides is 1. The summed E-state index contributed by atoms with van der Waals surface area (Å²) in [6.07, 6.45) is 0.676. The summed E-state index contributed by atoms with van der Waals surface area (Å²) in [7, 11) is 2.11. The van der Waals surface area contributed by atoms with Crippen LogP contribution < -0.4 is 10.6 Å². The summed E-state index contributed by atoms with van der Waals surface area (Å²) >= 11 is 1.68. The molecule has 5 nitrogen and oxygen atoms in total. The fourth-order valence-corrected chi connectivity index (χ4v) is 4.43. The number of nitrogens with zero attached hydrogens (tertiary/aromatic N) is 1. The Kier molecular flexibility index (Phi) is 3.09. The van der Waals surface area contributed by atoms with Crippen molar-refractivity contribution in [3.8, 4) is 5.75 Å². The van der Waals surface area contributed by atoms with Gasteiger partial charge in [-0.1, -0.05) is 12.1 Å². The van der Waals surface area contributed by atoms with Gasteiger partial charge in [0.25, 0.3) is 5.91 Å². The standard InChI is InChI=1S/C16H17N3O2S/c1-19-7-6-11-12(8-19)22-16-13(11)15(21)17-14(18-16)9-2-4-10(20)5-3-9/h2-5,14,18,20H,6-8H2,1H3,(H,17,21)/t14-/m1/s1. The molecule has 0 bridgehead atoms. The van der Waals surface area contributed by atoms with Gasteiger partial charge in [-0.2, -0.15) is 0 Å². The van der Waals surface area contributed by atoms with Crippen LogP contribution in [0.3, 0.4) is 0 Å². The summed E-state index contributed by atoms with van der Waals surface area (Å²) < 4.78 is 0. The second-order valence-electron chi connectivity index (χ2n) is 5.84. The topological polar surface area (TPSA) is 64.6 Å². The smallest absolute Gasteiger partial charge is 0.256 e. The van der Waals surface area contributed by atoms with E-state index in [2.05, 4.69) is 22.6 Å². The number of aromatic hydroxyl groups is 1. The number of hydrogen-bond donors (Lipinski definition) is 3. The number of hydrogen-bond acceptors (Lipinski definition) is 5. The van der Waals surface area contributed by atoms with Gasteiger partial charge in [-0.25, -0.2) is 0 Å². The van der Waals surface area contributed by atoms with Gasteiger partial charge in [0, 0.05) is 18.0 Å². The van der Waals surface area contributed by atoms with Crippen molar-refractivity contribution in [3.63, 3.8) is 0 Å². The van der Waals surface area contributed by atoms with E-state index in [1.165, 1.54) is 10.4 Å². The Hall–Kier alpha value is -2.05. The molecule has 1 aromatic carbocycles. The van der Waals surface area contributed by atoms with Crippen LogP contribution in [-0.4, -0.2) is 29.5 Å². The van der Waals surface area contributed by atoms with Crippen LogP contribution in [0, 0.1) is 0 Å². The molecule has 1 aromatic heterocycles. The molecule has 0 saturated carbocycles. The van der Waals surface area contributed by atoms with Crippen LogP contribution in [-0.2, 0) is 13.0 Å². The number of benzene rings is 1. The van der Waals surface area contributed by atoms with E-state index < -0.39 is 0 Å². The van der Waals surface area contributed by atoms with Gasteiger partial charge in [-0.3, -0.25) is 4.79 Å². The van der Waals surface area contributed by atoms with Gasteiger partial charge >= 0.3 is 0 Å². The Morgan fingerprint density at radius 2 is 2.05 bits per heavy atom. The van der Waals surface area contributed by atoms with E-state index in [1.54, 1.807) is 23.5 Å². The van der Waals surface area contributed by atoms with Crippen molar-refractivity contribution in [1.82, 2.24) is 10.2 Å². The Morgan fingerprint density at radius 1 is 1.27 bits per heavy atom. The van der Waals surface area contributed by atoms with E-state index in [4.69, 9.17) is 0 Å². The molecule has 1 atom stereocenters. The lowest BCUT2D eigenvalue weighted by atomic mass is 10.0. The van der Waals surface area contributed by atoms with Crippen molar-refractivity contribution >= 4 is 22.2 Å². The third kappa shape index (κ3) is 2.15. The molecule has 2 aliphatic heterocycles. The first-order valence-electron chi connectivity index (χ1n) is 7.31. The van der Waals surface area contributed by atoms with E-state index in [9.17, 15) is 9.90 Å². The zero-order chi connectivity index (χ0) is 15.3. The third-order valence-electron chi connectivity index (χ3n) is 4.25. The summed E-state index contributed by atoms with van der Waals surface area (Å²) in [4.78, 5) is 16.1. The maximum atomic E-state index is 12.5. The normalized spacial score (nSPS) is 20.8. The van der Waals surface area contributed by atoms with Gasteiger partial charge in [0.05, 0.1) is 5.56 Å². The molecule has 0 radical (unpaired) electrons. The van der Waals surface area contributed by atoms with Crippen molar-refractivity contribution in [3.05, 3.63) is 45.8 Å². The molecule has 0 saturated heterocycles. The molecule has 0 spiro atoms. The zero-order valence-corrected chi connectivity index (χ0v) is 13.0. The molecule has 4 rings (SSSR count). The first-order chi connectivity index (χ1) is 10.6. The Morgan fingerprint density at radius 3 is 2.82 bits per heavy atom. The lowest BCUT2D eigenvalue weighted by molar-refractivity contribution is 0.0935. The van der Waals surface area contributed by atoms with Crippen LogP contribution in [0.1, 0.15) is 32.5 Å². The minimum atomic E-state index is -0.251. The summed E-state index contributed by atoms with van der Waals surface area (Å²) in [6.45, 7) is 1.90. The van der Waals surface area contributed by atoms with Gasteiger partial charge in [-0.05, 0) is 36.7 Å². The highest BCUT2D eigenvalue weighted by Gasteiger charge is 2.32. The molecule has 2 aromatic rings. The number of anilines is 1. The predicted molar refractivity (Wildman–Crippen MR) is 86.3 cm³/mol. The van der Waals surface area contributed by atoms with E-state index >= 15 is 0 Å². The minimum Gasteiger partial charge on any atom is -0.508 e. The molecule has 0 fully saturated rings. The maximum absolute atomic E-state index is 12.5. The van der Waals surface area contributed by atoms with Crippen LogP contribution in [0.2, 0.25) is 0 Å². The first-order valence-corrected chi connectivity index (χ1v) is 8.13. The van der Waals surface area contributed by atoms with Gasteiger partial charge < -0.3 is 20.6 Å². The average molecular weight is 315 g/mol. The fraction of sp³-hybridized carbons (Fsp3) is 0.312. The average Bonchev–Trinajstić information content (AvgIpc) is 2.85. The maximum Gasteiger partial charge on any atom is 0.256 e. The number of nitrogens with one attached hydrogen (secondary N) is 2. The molecule has 0 unspecified atom stereocenters. The van der Waals surface area contributed by atoms with Crippen molar-refractivity contribution in [1.29, 1.82) is 0 Å². The Balaban J connectivity index is 1.69. The molecule has 3 N–H and O–H groups in total. The summed E-state index contributed by atoms with van der Waals surface area (Å²) in [5.41, 5.74) is 2.95. The van der Waals surface area contributed by atoms with Crippen molar-refractivity contribution in [2.24, 2.45) is 0 Å². The van der Waals surface area contributed by atoms with Gasteiger partial charge in [0.2, 0.25) is 0 Å². The number of thiophene rings is 1. The summed E-state index contributed by atoms with van der Waals surface area (Å²) in [5, 5.41) is 16.8. The Labute approximate surface area is 132 Å². The van der Waals surface area contributed by atoms with Crippen LogP contribution in [0.25, 0.3) is 0 Å². The van der Waals surface area contributed by atoms with Crippen molar-refractivity contribution in [2.45, 2.75) is 19.1 Å². The lowest BCUT2D eigenvalue weighted by Crippen LogP contribution is -2.38. The number of fused-ring (bicyclic) bond motifs is 3. The summed E-state index contributed by atoms with van der Waals surface area (Å²) in [6, 6.07) is 6.90. The molecule has 22 heavy (non-hydrogen) atoms. The van der Waals surface area contributed by atoms with Crippen LogP contribution in [0.15, 0.2) is 24.3 Å². The largest absolute Gasteiger partial charge is 0.508 e. The van der Waals surface area contributed by atoms with E-state index in [0.29, 0.717) is 0 Å². The van der Waals surface area contributed by atoms with Crippen LogP contribution in [0.4, 0.5) is 5.00 Å². The number of rotatable bonds is 1. The number of carbonyl (C=O) groups is 1. The number of carbonyl (C=O) groups excluding carboxylic acids is 1. The minimum absolute atomic E-state index is 0.00567. The third-order valence-corrected chi connectivity index (χ3v) is 5.40. The molecule has 3 heterocycles. The van der Waals surface area contributed by atoms with Crippen molar-refractivity contribution < 1.29 is 9.90 Å². The molecule has 114 valence electrons. The molecular formula is C16H17N3O2S.